The number of carbonyl (C=O) groups excluding carboxylic acids is 1. The van der Waals surface area contributed by atoms with Crippen LogP contribution in [-0.2, 0) is 9.47 Å². The van der Waals surface area contributed by atoms with Crippen LogP contribution >= 0.6 is 11.3 Å². The maximum atomic E-state index is 12.2. The van der Waals surface area contributed by atoms with Crippen molar-refractivity contribution in [3.8, 4) is 0 Å². The molecular formula is C16H25N3O3S. The van der Waals surface area contributed by atoms with E-state index in [2.05, 4.69) is 16.8 Å². The fourth-order valence-corrected chi connectivity index (χ4v) is 2.94. The second-order valence-corrected chi connectivity index (χ2v) is 6.09. The van der Waals surface area contributed by atoms with E-state index in [-0.39, 0.29) is 5.91 Å². The van der Waals surface area contributed by atoms with Gasteiger partial charge in [0.2, 0.25) is 0 Å². The highest BCUT2D eigenvalue weighted by Crippen LogP contribution is 2.11. The summed E-state index contributed by atoms with van der Waals surface area (Å²) < 4.78 is 11.0. The number of amidine groups is 1. The molecule has 1 saturated heterocycles. The number of rotatable bonds is 6. The lowest BCUT2D eigenvalue weighted by Gasteiger charge is -2.35. The number of amides is 1. The van der Waals surface area contributed by atoms with Crippen LogP contribution in [0.5, 0.6) is 0 Å². The van der Waals surface area contributed by atoms with Crippen LogP contribution in [0, 0.1) is 0 Å². The Morgan fingerprint density at radius 3 is 2.65 bits per heavy atom. The van der Waals surface area contributed by atoms with Crippen molar-refractivity contribution in [3.63, 3.8) is 0 Å². The molecule has 7 heteroatoms. The maximum Gasteiger partial charge on any atom is 0.295 e. The lowest BCUT2D eigenvalue weighted by molar-refractivity contribution is 0.0863. The van der Waals surface area contributed by atoms with Crippen molar-refractivity contribution in [2.24, 2.45) is 4.99 Å². The summed E-state index contributed by atoms with van der Waals surface area (Å²) in [5.41, 5.74) is 0. The zero-order valence-electron chi connectivity index (χ0n) is 13.9. The standard InChI is InChI=1S/C16H25N3O3S/c1-3-18-7-9-19(10-8-18)16(22-12-11-21-4-2)17-15(20)14-6-5-13-23-14/h5-6,13H,3-4,7-12H2,1-2H3. The molecule has 1 fully saturated rings. The fourth-order valence-electron chi connectivity index (χ4n) is 2.33. The van der Waals surface area contributed by atoms with Gasteiger partial charge in [0.25, 0.3) is 11.9 Å². The molecule has 0 radical (unpaired) electrons. The van der Waals surface area contributed by atoms with Crippen LogP contribution in [0.2, 0.25) is 0 Å². The van der Waals surface area contributed by atoms with Crippen LogP contribution in [-0.4, -0.2) is 74.3 Å². The number of piperazine rings is 1. The number of likely N-dealkylation sites (N-methyl/N-ethyl adjacent to an activating group) is 1. The zero-order valence-corrected chi connectivity index (χ0v) is 14.7. The number of hydrogen-bond donors (Lipinski definition) is 0. The second-order valence-electron chi connectivity index (χ2n) is 5.14. The van der Waals surface area contributed by atoms with Gasteiger partial charge in [-0.3, -0.25) is 4.79 Å². The number of thiophene rings is 1. The van der Waals surface area contributed by atoms with E-state index in [1.54, 1.807) is 6.07 Å². The van der Waals surface area contributed by atoms with Gasteiger partial charge in [0.05, 0.1) is 11.5 Å². The number of nitrogens with zero attached hydrogens (tertiary/aromatic N) is 3. The highest BCUT2D eigenvalue weighted by molar-refractivity contribution is 7.12. The van der Waals surface area contributed by atoms with Gasteiger partial charge in [-0.05, 0) is 24.9 Å². The van der Waals surface area contributed by atoms with Crippen LogP contribution in [0.15, 0.2) is 22.5 Å². The average molecular weight is 339 g/mol. The first-order chi connectivity index (χ1) is 11.2. The van der Waals surface area contributed by atoms with Crippen molar-refractivity contribution in [3.05, 3.63) is 22.4 Å². The summed E-state index contributed by atoms with van der Waals surface area (Å²) in [4.78, 5) is 21.5. The van der Waals surface area contributed by atoms with Crippen LogP contribution < -0.4 is 0 Å². The molecule has 0 unspecified atom stereocenters. The van der Waals surface area contributed by atoms with E-state index in [1.807, 2.05) is 23.3 Å². The summed E-state index contributed by atoms with van der Waals surface area (Å²) in [6.45, 7) is 10.2. The average Bonchev–Trinajstić information content (AvgIpc) is 3.12. The van der Waals surface area contributed by atoms with Gasteiger partial charge in [-0.1, -0.05) is 13.0 Å². The number of ether oxygens (including phenoxy) is 2. The molecule has 6 nitrogen and oxygen atoms in total. The number of carbonyl (C=O) groups is 1. The Morgan fingerprint density at radius 1 is 1.26 bits per heavy atom. The lowest BCUT2D eigenvalue weighted by atomic mass is 10.3. The molecular weight excluding hydrogens is 314 g/mol. The van der Waals surface area contributed by atoms with Gasteiger partial charge in [-0.25, -0.2) is 0 Å². The van der Waals surface area contributed by atoms with E-state index < -0.39 is 0 Å². The van der Waals surface area contributed by atoms with Crippen LogP contribution in [0.4, 0.5) is 0 Å². The largest absolute Gasteiger partial charge is 0.462 e. The maximum absolute atomic E-state index is 12.2. The minimum atomic E-state index is -0.246. The normalized spacial score (nSPS) is 16.6. The van der Waals surface area contributed by atoms with E-state index in [0.29, 0.717) is 30.7 Å². The van der Waals surface area contributed by atoms with Gasteiger partial charge in [-0.2, -0.15) is 4.99 Å². The summed E-state index contributed by atoms with van der Waals surface area (Å²) in [6, 6.07) is 4.05. The monoisotopic (exact) mass is 339 g/mol. The molecule has 0 aromatic carbocycles. The molecule has 1 aliphatic heterocycles. The van der Waals surface area contributed by atoms with Crippen molar-refractivity contribution in [1.29, 1.82) is 0 Å². The predicted octanol–water partition coefficient (Wildman–Crippen LogP) is 1.93. The highest BCUT2D eigenvalue weighted by Gasteiger charge is 2.21. The van der Waals surface area contributed by atoms with Crippen LogP contribution in [0.3, 0.4) is 0 Å². The number of hydrogen-bond acceptors (Lipinski definition) is 5. The van der Waals surface area contributed by atoms with Gasteiger partial charge in [0.1, 0.15) is 6.61 Å². The quantitative estimate of drug-likeness (QED) is 0.450. The van der Waals surface area contributed by atoms with Crippen LogP contribution in [0.25, 0.3) is 0 Å². The summed E-state index contributed by atoms with van der Waals surface area (Å²) in [5, 5.41) is 1.87. The third kappa shape index (κ3) is 5.60. The fraction of sp³-hybridized carbons (Fsp3) is 0.625. The highest BCUT2D eigenvalue weighted by atomic mass is 32.1. The minimum Gasteiger partial charge on any atom is -0.462 e. The summed E-state index contributed by atoms with van der Waals surface area (Å²) in [6.07, 6.45) is 0. The van der Waals surface area contributed by atoms with Crippen LogP contribution in [0.1, 0.15) is 23.5 Å². The predicted molar refractivity (Wildman–Crippen MR) is 92.2 cm³/mol. The zero-order chi connectivity index (χ0) is 16.5. The first-order valence-corrected chi connectivity index (χ1v) is 8.97. The molecule has 1 aromatic heterocycles. The molecule has 23 heavy (non-hydrogen) atoms. The summed E-state index contributed by atoms with van der Waals surface area (Å²) in [7, 11) is 0. The van der Waals surface area contributed by atoms with Gasteiger partial charge in [0, 0.05) is 32.8 Å². The second kappa shape index (κ2) is 9.64. The molecule has 2 rings (SSSR count). The molecule has 0 atom stereocenters. The van der Waals surface area contributed by atoms with E-state index in [1.165, 1.54) is 11.3 Å². The van der Waals surface area contributed by atoms with Gasteiger partial charge in [0.15, 0.2) is 0 Å². The first kappa shape index (κ1) is 17.9. The van der Waals surface area contributed by atoms with Gasteiger partial charge < -0.3 is 19.3 Å². The molecule has 0 spiro atoms. The van der Waals surface area contributed by atoms with E-state index in [9.17, 15) is 4.79 Å². The summed E-state index contributed by atoms with van der Waals surface area (Å²) in [5.74, 6) is -0.246. The van der Waals surface area contributed by atoms with Gasteiger partial charge >= 0.3 is 0 Å². The van der Waals surface area contributed by atoms with Crippen molar-refractivity contribution < 1.29 is 14.3 Å². The molecule has 1 aromatic rings. The van der Waals surface area contributed by atoms with Crippen molar-refractivity contribution >= 4 is 23.3 Å². The third-order valence-corrected chi connectivity index (χ3v) is 4.54. The third-order valence-electron chi connectivity index (χ3n) is 3.68. The van der Waals surface area contributed by atoms with Gasteiger partial charge in [-0.15, -0.1) is 11.3 Å². The van der Waals surface area contributed by atoms with E-state index in [4.69, 9.17) is 9.47 Å². The molecule has 1 aliphatic rings. The van der Waals surface area contributed by atoms with E-state index in [0.717, 1.165) is 32.7 Å². The van der Waals surface area contributed by atoms with Crippen molar-refractivity contribution in [1.82, 2.24) is 9.80 Å². The molecule has 0 N–H and O–H groups in total. The Labute approximate surface area is 141 Å². The molecule has 0 saturated carbocycles. The molecule has 128 valence electrons. The Morgan fingerprint density at radius 2 is 2.04 bits per heavy atom. The van der Waals surface area contributed by atoms with Crippen molar-refractivity contribution in [2.75, 3.05) is 52.5 Å². The minimum absolute atomic E-state index is 0.246. The lowest BCUT2D eigenvalue weighted by Crippen LogP contribution is -2.49. The Kier molecular flexibility index (Phi) is 7.51. The molecule has 0 aliphatic carbocycles. The van der Waals surface area contributed by atoms with Crippen molar-refractivity contribution in [2.45, 2.75) is 13.8 Å². The first-order valence-electron chi connectivity index (χ1n) is 8.09. The summed E-state index contributed by atoms with van der Waals surface area (Å²) >= 11 is 1.39. The SMILES string of the molecule is CCOCCOC(=NC(=O)c1cccs1)N1CCN(CC)CC1. The molecule has 0 bridgehead atoms. The Bertz CT molecular complexity index is 497. The molecule has 2 heterocycles. The topological polar surface area (TPSA) is 54.4 Å². The molecule has 1 amide bonds. The Hall–Kier alpha value is -1.44. The van der Waals surface area contributed by atoms with E-state index >= 15 is 0 Å². The smallest absolute Gasteiger partial charge is 0.295 e. The number of aliphatic imine (C=N–C) groups is 1. The Balaban J connectivity index is 2.00.